The van der Waals surface area contributed by atoms with Crippen LogP contribution in [0.4, 0.5) is 10.1 Å². The van der Waals surface area contributed by atoms with E-state index in [0.29, 0.717) is 6.54 Å². The third-order valence-electron chi connectivity index (χ3n) is 2.76. The van der Waals surface area contributed by atoms with E-state index < -0.39 is 21.9 Å². The highest BCUT2D eigenvalue weighted by atomic mass is 32.2. The van der Waals surface area contributed by atoms with E-state index >= 15 is 0 Å². The van der Waals surface area contributed by atoms with Crippen LogP contribution >= 0.6 is 0 Å². The maximum atomic E-state index is 13.2. The molecule has 0 heterocycles. The normalized spacial score (nSPS) is 13.0. The van der Waals surface area contributed by atoms with Crippen molar-refractivity contribution in [3.8, 4) is 0 Å². The molecular weight excluding hydrogens is 285 g/mol. The molecule has 0 spiro atoms. The smallest absolute Gasteiger partial charge is 0.241 e. The predicted octanol–water partition coefficient (Wildman–Crippen LogP) is 0.553. The summed E-state index contributed by atoms with van der Waals surface area (Å²) in [6.07, 6.45) is 0. The van der Waals surface area contributed by atoms with Crippen molar-refractivity contribution in [1.82, 2.24) is 9.62 Å². The minimum atomic E-state index is -4.01. The van der Waals surface area contributed by atoms with Gasteiger partial charge in [0.1, 0.15) is 5.82 Å². The number of carbonyl (C=O) groups is 1. The number of nitrogens with two attached hydrogens (primary N) is 1. The molecule has 1 rings (SSSR count). The van der Waals surface area contributed by atoms with Crippen LogP contribution in [0.3, 0.4) is 0 Å². The second-order valence-electron chi connectivity index (χ2n) is 4.42. The van der Waals surface area contributed by atoms with Crippen LogP contribution < -0.4 is 10.5 Å². The Morgan fingerprint density at radius 3 is 2.55 bits per heavy atom. The number of nitrogens with zero attached hydrogens (tertiary/aromatic N) is 1. The summed E-state index contributed by atoms with van der Waals surface area (Å²) >= 11 is 0. The van der Waals surface area contributed by atoms with Crippen LogP contribution in [-0.2, 0) is 14.8 Å². The van der Waals surface area contributed by atoms with Crippen LogP contribution in [0.1, 0.15) is 13.8 Å². The van der Waals surface area contributed by atoms with Gasteiger partial charge in [0, 0.05) is 19.3 Å². The SMILES string of the molecule is CCN(C)C(=O)C(C)NS(=O)(=O)c1cc(N)cc(F)c1. The Morgan fingerprint density at radius 2 is 2.05 bits per heavy atom. The number of amides is 1. The zero-order valence-corrected chi connectivity index (χ0v) is 12.4. The molecule has 20 heavy (non-hydrogen) atoms. The van der Waals surface area contributed by atoms with Gasteiger partial charge in [-0.1, -0.05) is 0 Å². The fourth-order valence-corrected chi connectivity index (χ4v) is 2.84. The zero-order valence-electron chi connectivity index (χ0n) is 11.6. The van der Waals surface area contributed by atoms with Gasteiger partial charge in [0.05, 0.1) is 10.9 Å². The molecule has 1 aromatic rings. The Kier molecular flexibility index (Phi) is 5.07. The molecule has 0 aliphatic carbocycles. The molecule has 6 nitrogen and oxygen atoms in total. The number of likely N-dealkylation sites (N-methyl/N-ethyl adjacent to an activating group) is 1. The molecule has 1 amide bonds. The Bertz CT molecular complexity index is 584. The van der Waals surface area contributed by atoms with Gasteiger partial charge >= 0.3 is 0 Å². The maximum absolute atomic E-state index is 13.2. The fourth-order valence-electron chi connectivity index (χ4n) is 1.58. The zero-order chi connectivity index (χ0) is 15.5. The average molecular weight is 303 g/mol. The Labute approximate surface area is 117 Å². The minimum absolute atomic E-state index is 0.00460. The van der Waals surface area contributed by atoms with Gasteiger partial charge in [-0.2, -0.15) is 4.72 Å². The van der Waals surface area contributed by atoms with Gasteiger partial charge in [0.15, 0.2) is 0 Å². The largest absolute Gasteiger partial charge is 0.399 e. The summed E-state index contributed by atoms with van der Waals surface area (Å²) in [5, 5.41) is 0. The first-order chi connectivity index (χ1) is 9.17. The van der Waals surface area contributed by atoms with Gasteiger partial charge < -0.3 is 10.6 Å². The lowest BCUT2D eigenvalue weighted by atomic mass is 10.3. The molecule has 0 radical (unpaired) electrons. The third-order valence-corrected chi connectivity index (χ3v) is 4.28. The fraction of sp³-hybridized carbons (Fsp3) is 0.417. The first-order valence-corrected chi connectivity index (χ1v) is 7.49. The van der Waals surface area contributed by atoms with E-state index in [2.05, 4.69) is 4.72 Å². The maximum Gasteiger partial charge on any atom is 0.241 e. The van der Waals surface area contributed by atoms with Crippen LogP contribution in [0.2, 0.25) is 0 Å². The lowest BCUT2D eigenvalue weighted by Crippen LogP contribution is -2.45. The number of hydrogen-bond donors (Lipinski definition) is 2. The van der Waals surface area contributed by atoms with Gasteiger partial charge in [-0.25, -0.2) is 12.8 Å². The van der Waals surface area contributed by atoms with Crippen molar-refractivity contribution in [2.75, 3.05) is 19.3 Å². The van der Waals surface area contributed by atoms with Gasteiger partial charge in [-0.05, 0) is 32.0 Å². The van der Waals surface area contributed by atoms with Gasteiger partial charge in [-0.3, -0.25) is 4.79 Å². The van der Waals surface area contributed by atoms with E-state index in [9.17, 15) is 17.6 Å². The summed E-state index contributed by atoms with van der Waals surface area (Å²) in [5.74, 6) is -1.13. The first kappa shape index (κ1) is 16.4. The molecule has 0 fully saturated rings. The summed E-state index contributed by atoms with van der Waals surface area (Å²) < 4.78 is 39.5. The minimum Gasteiger partial charge on any atom is -0.399 e. The van der Waals surface area contributed by atoms with E-state index in [-0.39, 0.29) is 16.5 Å². The summed E-state index contributed by atoms with van der Waals surface area (Å²) in [4.78, 5) is 12.9. The molecule has 8 heteroatoms. The Balaban J connectivity index is 2.98. The van der Waals surface area contributed by atoms with Crippen LogP contribution in [0.25, 0.3) is 0 Å². The highest BCUT2D eigenvalue weighted by molar-refractivity contribution is 7.89. The number of sulfonamides is 1. The number of benzene rings is 1. The number of carbonyl (C=O) groups excluding carboxylic acids is 1. The van der Waals surface area contributed by atoms with Gasteiger partial charge in [0.2, 0.25) is 15.9 Å². The molecule has 1 atom stereocenters. The number of rotatable bonds is 5. The van der Waals surface area contributed by atoms with Crippen LogP contribution in [0, 0.1) is 5.82 Å². The van der Waals surface area contributed by atoms with E-state index in [4.69, 9.17) is 5.73 Å². The molecule has 3 N–H and O–H groups in total. The number of hydrogen-bond acceptors (Lipinski definition) is 4. The molecule has 1 aromatic carbocycles. The summed E-state index contributed by atoms with van der Waals surface area (Å²) in [6.45, 7) is 3.65. The second-order valence-corrected chi connectivity index (χ2v) is 6.13. The van der Waals surface area contributed by atoms with Gasteiger partial charge in [0.25, 0.3) is 0 Å². The monoisotopic (exact) mass is 303 g/mol. The van der Waals surface area contributed by atoms with E-state index in [1.807, 2.05) is 0 Å². The quantitative estimate of drug-likeness (QED) is 0.777. The molecule has 0 aliphatic rings. The van der Waals surface area contributed by atoms with E-state index in [0.717, 1.165) is 18.2 Å². The van der Waals surface area contributed by atoms with Crippen LogP contribution in [0.15, 0.2) is 23.1 Å². The van der Waals surface area contributed by atoms with Gasteiger partial charge in [-0.15, -0.1) is 0 Å². The third kappa shape index (κ3) is 3.91. The van der Waals surface area contributed by atoms with Crippen molar-refractivity contribution < 1.29 is 17.6 Å². The molecule has 0 bridgehead atoms. The molecule has 112 valence electrons. The van der Waals surface area contributed by atoms with E-state index in [1.54, 1.807) is 14.0 Å². The number of halogens is 1. The van der Waals surface area contributed by atoms with Crippen molar-refractivity contribution in [3.63, 3.8) is 0 Å². The molecule has 0 aromatic heterocycles. The summed E-state index contributed by atoms with van der Waals surface area (Å²) in [5.41, 5.74) is 5.40. The van der Waals surface area contributed by atoms with Crippen molar-refractivity contribution in [3.05, 3.63) is 24.0 Å². The second kappa shape index (κ2) is 6.19. The molecule has 0 saturated carbocycles. The van der Waals surface area contributed by atoms with E-state index in [1.165, 1.54) is 11.8 Å². The molecule has 1 unspecified atom stereocenters. The van der Waals surface area contributed by atoms with Crippen LogP contribution in [-0.4, -0.2) is 38.9 Å². The topological polar surface area (TPSA) is 92.5 Å². The van der Waals surface area contributed by atoms with Crippen molar-refractivity contribution in [1.29, 1.82) is 0 Å². The van der Waals surface area contributed by atoms with Crippen molar-refractivity contribution in [2.45, 2.75) is 24.8 Å². The van der Waals surface area contributed by atoms with Crippen molar-refractivity contribution in [2.24, 2.45) is 0 Å². The first-order valence-electron chi connectivity index (χ1n) is 6.00. The lowest BCUT2D eigenvalue weighted by molar-refractivity contribution is -0.131. The highest BCUT2D eigenvalue weighted by Crippen LogP contribution is 2.16. The lowest BCUT2D eigenvalue weighted by Gasteiger charge is -2.20. The van der Waals surface area contributed by atoms with Crippen LogP contribution in [0.5, 0.6) is 0 Å². The molecule has 0 aliphatic heterocycles. The molecular formula is C12H18FN3O3S. The number of anilines is 1. The summed E-state index contributed by atoms with van der Waals surface area (Å²) in [6, 6.07) is 2.04. The number of nitrogen functional groups attached to an aromatic ring is 1. The standard InChI is InChI=1S/C12H18FN3O3S/c1-4-16(3)12(17)8(2)15-20(18,19)11-6-9(13)5-10(14)7-11/h5-8,15H,4,14H2,1-3H3. The summed E-state index contributed by atoms with van der Waals surface area (Å²) in [7, 11) is -2.45. The number of nitrogens with one attached hydrogen (secondary N) is 1. The highest BCUT2D eigenvalue weighted by Gasteiger charge is 2.24. The Morgan fingerprint density at radius 1 is 1.45 bits per heavy atom. The molecule has 0 saturated heterocycles. The predicted molar refractivity (Wildman–Crippen MR) is 73.9 cm³/mol. The van der Waals surface area contributed by atoms with Crippen molar-refractivity contribution >= 4 is 21.6 Å². The average Bonchev–Trinajstić information content (AvgIpc) is 2.35. The Hall–Kier alpha value is -1.67.